The van der Waals surface area contributed by atoms with E-state index in [0.717, 1.165) is 20.3 Å². The van der Waals surface area contributed by atoms with E-state index in [1.54, 1.807) is 12.4 Å². The second kappa shape index (κ2) is 5.41. The summed E-state index contributed by atoms with van der Waals surface area (Å²) >= 11 is 6.81. The van der Waals surface area contributed by atoms with Gasteiger partial charge in [-0.3, -0.25) is 4.98 Å². The fourth-order valence-electron chi connectivity index (χ4n) is 1.23. The van der Waals surface area contributed by atoms with Gasteiger partial charge in [0.1, 0.15) is 5.82 Å². The molecule has 1 N–H and O–H groups in total. The van der Waals surface area contributed by atoms with Crippen molar-refractivity contribution in [2.45, 2.75) is 6.54 Å². The Hall–Kier alpha value is -0.940. The van der Waals surface area contributed by atoms with Crippen LogP contribution >= 0.6 is 31.9 Å². The number of nitrogens with zero attached hydrogens (tertiary/aromatic N) is 2. The summed E-state index contributed by atoms with van der Waals surface area (Å²) in [6, 6.07) is 5.90. The van der Waals surface area contributed by atoms with Crippen LogP contribution in [0.15, 0.2) is 45.7 Å². The third-order valence-electron chi connectivity index (χ3n) is 1.99. The first-order chi connectivity index (χ1) is 7.75. The molecule has 0 aliphatic heterocycles. The smallest absolute Gasteiger partial charge is 0.140 e. The molecule has 0 unspecified atom stereocenters. The molecular weight excluding hydrogens is 334 g/mol. The van der Waals surface area contributed by atoms with Crippen LogP contribution in [0.2, 0.25) is 0 Å². The van der Waals surface area contributed by atoms with Crippen LogP contribution in [0.3, 0.4) is 0 Å². The molecule has 0 radical (unpaired) electrons. The van der Waals surface area contributed by atoms with E-state index >= 15 is 0 Å². The normalized spacial score (nSPS) is 10.1. The molecular formula is C11H9Br2N3. The molecule has 0 aliphatic rings. The Bertz CT molecular complexity index is 474. The third kappa shape index (κ3) is 3.02. The van der Waals surface area contributed by atoms with Gasteiger partial charge in [-0.15, -0.1) is 0 Å². The van der Waals surface area contributed by atoms with E-state index in [0.29, 0.717) is 6.54 Å². The van der Waals surface area contributed by atoms with E-state index < -0.39 is 0 Å². The van der Waals surface area contributed by atoms with Crippen LogP contribution in [0.5, 0.6) is 0 Å². The monoisotopic (exact) mass is 341 g/mol. The standard InChI is InChI=1S/C11H9Br2N3/c12-9-4-10(13)11(16-7-9)15-6-8-2-1-3-14-5-8/h1-5,7H,6H2,(H,15,16). The molecule has 0 aromatic carbocycles. The SMILES string of the molecule is Brc1cnc(NCc2cccnc2)c(Br)c1. The van der Waals surface area contributed by atoms with Gasteiger partial charge in [0.25, 0.3) is 0 Å². The van der Waals surface area contributed by atoms with Crippen LogP contribution in [-0.2, 0) is 6.54 Å². The average Bonchev–Trinajstić information content (AvgIpc) is 2.29. The zero-order valence-corrected chi connectivity index (χ0v) is 11.5. The van der Waals surface area contributed by atoms with E-state index in [1.807, 2.05) is 24.4 Å². The van der Waals surface area contributed by atoms with Crippen molar-refractivity contribution in [1.29, 1.82) is 0 Å². The van der Waals surface area contributed by atoms with Crippen molar-refractivity contribution < 1.29 is 0 Å². The molecule has 0 atom stereocenters. The van der Waals surface area contributed by atoms with Gasteiger partial charge in [0.2, 0.25) is 0 Å². The highest BCUT2D eigenvalue weighted by Crippen LogP contribution is 2.23. The number of rotatable bonds is 3. The summed E-state index contributed by atoms with van der Waals surface area (Å²) in [5, 5.41) is 3.24. The quantitative estimate of drug-likeness (QED) is 0.925. The maximum Gasteiger partial charge on any atom is 0.140 e. The molecule has 0 saturated heterocycles. The summed E-state index contributed by atoms with van der Waals surface area (Å²) in [5.74, 6) is 0.826. The first-order valence-corrected chi connectivity index (χ1v) is 6.28. The number of hydrogen-bond donors (Lipinski definition) is 1. The van der Waals surface area contributed by atoms with Crippen molar-refractivity contribution in [2.24, 2.45) is 0 Å². The van der Waals surface area contributed by atoms with Gasteiger partial charge < -0.3 is 5.32 Å². The Morgan fingerprint density at radius 3 is 2.81 bits per heavy atom. The lowest BCUT2D eigenvalue weighted by Crippen LogP contribution is -2.02. The summed E-state index contributed by atoms with van der Waals surface area (Å²) in [6.45, 7) is 0.709. The molecule has 3 nitrogen and oxygen atoms in total. The molecule has 5 heteroatoms. The first kappa shape index (κ1) is 11.5. The van der Waals surface area contributed by atoms with Crippen molar-refractivity contribution in [2.75, 3.05) is 5.32 Å². The molecule has 0 amide bonds. The first-order valence-electron chi connectivity index (χ1n) is 4.69. The molecule has 2 heterocycles. The van der Waals surface area contributed by atoms with Gasteiger partial charge in [0.05, 0.1) is 4.47 Å². The Kier molecular flexibility index (Phi) is 3.90. The van der Waals surface area contributed by atoms with Crippen molar-refractivity contribution in [1.82, 2.24) is 9.97 Å². The highest BCUT2D eigenvalue weighted by atomic mass is 79.9. The van der Waals surface area contributed by atoms with Crippen molar-refractivity contribution in [3.8, 4) is 0 Å². The van der Waals surface area contributed by atoms with Crippen LogP contribution in [0.25, 0.3) is 0 Å². The fourth-order valence-corrected chi connectivity index (χ4v) is 2.36. The Morgan fingerprint density at radius 1 is 1.25 bits per heavy atom. The Labute approximate surface area is 111 Å². The van der Waals surface area contributed by atoms with Crippen LogP contribution in [0.1, 0.15) is 5.56 Å². The highest BCUT2D eigenvalue weighted by Gasteiger charge is 2.01. The summed E-state index contributed by atoms with van der Waals surface area (Å²) in [4.78, 5) is 8.32. The van der Waals surface area contributed by atoms with E-state index in [9.17, 15) is 0 Å². The minimum absolute atomic E-state index is 0.709. The minimum Gasteiger partial charge on any atom is -0.365 e. The lowest BCUT2D eigenvalue weighted by molar-refractivity contribution is 1.08. The predicted molar refractivity (Wildman–Crippen MR) is 71.2 cm³/mol. The maximum atomic E-state index is 4.27. The molecule has 2 aromatic heterocycles. The van der Waals surface area contributed by atoms with Crippen LogP contribution in [-0.4, -0.2) is 9.97 Å². The van der Waals surface area contributed by atoms with Crippen LogP contribution in [0, 0.1) is 0 Å². The second-order valence-electron chi connectivity index (χ2n) is 3.20. The van der Waals surface area contributed by atoms with E-state index in [4.69, 9.17) is 0 Å². The van der Waals surface area contributed by atoms with Gasteiger partial charge in [-0.1, -0.05) is 6.07 Å². The van der Waals surface area contributed by atoms with Crippen LogP contribution in [0.4, 0.5) is 5.82 Å². The molecule has 82 valence electrons. The summed E-state index contributed by atoms with van der Waals surface area (Å²) in [7, 11) is 0. The van der Waals surface area contributed by atoms with Crippen LogP contribution < -0.4 is 5.32 Å². The van der Waals surface area contributed by atoms with Crippen molar-refractivity contribution in [3.05, 3.63) is 51.3 Å². The van der Waals surface area contributed by atoms with Crippen molar-refractivity contribution in [3.63, 3.8) is 0 Å². The molecule has 2 rings (SSSR count). The Balaban J connectivity index is 2.05. The zero-order chi connectivity index (χ0) is 11.4. The third-order valence-corrected chi connectivity index (χ3v) is 3.03. The zero-order valence-electron chi connectivity index (χ0n) is 8.32. The van der Waals surface area contributed by atoms with Gasteiger partial charge in [-0.2, -0.15) is 0 Å². The van der Waals surface area contributed by atoms with Gasteiger partial charge in [0.15, 0.2) is 0 Å². The molecule has 2 aromatic rings. The number of aromatic nitrogens is 2. The summed E-state index contributed by atoms with van der Waals surface area (Å²) in [5.41, 5.74) is 1.12. The van der Waals surface area contributed by atoms with Gasteiger partial charge in [0, 0.05) is 29.6 Å². The number of nitrogens with one attached hydrogen (secondary N) is 1. The lowest BCUT2D eigenvalue weighted by atomic mass is 10.3. The number of halogens is 2. The molecule has 0 spiro atoms. The summed E-state index contributed by atoms with van der Waals surface area (Å²) < 4.78 is 1.89. The summed E-state index contributed by atoms with van der Waals surface area (Å²) in [6.07, 6.45) is 5.35. The number of anilines is 1. The van der Waals surface area contributed by atoms with E-state index in [2.05, 4.69) is 47.1 Å². The van der Waals surface area contributed by atoms with Crippen molar-refractivity contribution >= 4 is 37.7 Å². The number of pyridine rings is 2. The van der Waals surface area contributed by atoms with Gasteiger partial charge in [-0.05, 0) is 49.6 Å². The molecule has 0 aliphatic carbocycles. The number of hydrogen-bond acceptors (Lipinski definition) is 3. The van der Waals surface area contributed by atoms with E-state index in [1.165, 1.54) is 0 Å². The average molecular weight is 343 g/mol. The topological polar surface area (TPSA) is 37.8 Å². The molecule has 0 saturated carbocycles. The maximum absolute atomic E-state index is 4.27. The highest BCUT2D eigenvalue weighted by molar-refractivity contribution is 9.11. The largest absolute Gasteiger partial charge is 0.365 e. The Morgan fingerprint density at radius 2 is 2.12 bits per heavy atom. The van der Waals surface area contributed by atoms with Gasteiger partial charge in [-0.25, -0.2) is 4.98 Å². The minimum atomic E-state index is 0.709. The molecule has 0 fully saturated rings. The second-order valence-corrected chi connectivity index (χ2v) is 4.97. The molecule has 16 heavy (non-hydrogen) atoms. The predicted octanol–water partition coefficient (Wildman–Crippen LogP) is 3.61. The fraction of sp³-hybridized carbons (Fsp3) is 0.0909. The van der Waals surface area contributed by atoms with E-state index in [-0.39, 0.29) is 0 Å². The molecule has 0 bridgehead atoms. The lowest BCUT2D eigenvalue weighted by Gasteiger charge is -2.07. The van der Waals surface area contributed by atoms with Gasteiger partial charge >= 0.3 is 0 Å².